The standard InChI is InChI=1S/C28H44O6.C26H44O4/c1-5-19-23-14-18(33-15-29)10-12-28(23,4)22-11-13-27(3)20(17(2)6-9-24(31)32)7-8-21(27)25(22)26(19)34-16-30;1-5-17-21-14-16(27)10-12-26(21,4)20-11-13-25(3)18(15(2)6-9-22(28)29)7-8-19(25)23(20)24(17)30/h15-23,25-26H,5-14H2,1-4H3,(H,31,32);15-21,23-24,27,30H,5-14H2,1-4H3,(H,28,29)/t17-,18-,19-,20-,21+,22+,23+,25+,26-,27-,28-;15-,16-,17-,18-,19+,20+,21+,23+,24-,25-,26-/m11/s1. The van der Waals surface area contributed by atoms with E-state index in [2.05, 4.69) is 55.4 Å². The highest BCUT2D eigenvalue weighted by Crippen LogP contribution is 2.72. The van der Waals surface area contributed by atoms with Crippen molar-refractivity contribution in [2.24, 2.45) is 105 Å². The molecule has 0 aliphatic heterocycles. The van der Waals surface area contributed by atoms with Gasteiger partial charge in [0.15, 0.2) is 0 Å². The fourth-order valence-corrected chi connectivity index (χ4v) is 19.4. The Morgan fingerprint density at radius 3 is 1.53 bits per heavy atom. The van der Waals surface area contributed by atoms with E-state index in [1.54, 1.807) is 0 Å². The molecule has 0 amide bonds. The van der Waals surface area contributed by atoms with Gasteiger partial charge in [-0.3, -0.25) is 19.2 Å². The van der Waals surface area contributed by atoms with E-state index in [4.69, 9.17) is 14.6 Å². The predicted molar refractivity (Wildman–Crippen MR) is 245 cm³/mol. The van der Waals surface area contributed by atoms with Gasteiger partial charge >= 0.3 is 11.9 Å². The van der Waals surface area contributed by atoms with Gasteiger partial charge in [0.25, 0.3) is 12.9 Å². The molecule has 10 nitrogen and oxygen atoms in total. The lowest BCUT2D eigenvalue weighted by molar-refractivity contribution is -0.213. The molecule has 0 heterocycles. The number of carbonyl (C=O) groups is 4. The molecule has 8 aliphatic rings. The molecule has 22 atom stereocenters. The topological polar surface area (TPSA) is 168 Å². The zero-order chi connectivity index (χ0) is 46.5. The average Bonchev–Trinajstić information content (AvgIpc) is 3.80. The van der Waals surface area contributed by atoms with Gasteiger partial charge < -0.3 is 29.9 Å². The number of carbonyl (C=O) groups excluding carboxylic acids is 2. The third-order valence-electron chi connectivity index (χ3n) is 22.3. The summed E-state index contributed by atoms with van der Waals surface area (Å²) < 4.78 is 11.4. The van der Waals surface area contributed by atoms with Crippen molar-refractivity contribution in [3.05, 3.63) is 0 Å². The molecule has 0 saturated heterocycles. The first-order valence-electron chi connectivity index (χ1n) is 26.3. The van der Waals surface area contributed by atoms with Gasteiger partial charge in [-0.05, 0) is 208 Å². The summed E-state index contributed by atoms with van der Waals surface area (Å²) in [5, 5.41) is 40.5. The molecule has 8 fully saturated rings. The fourth-order valence-electron chi connectivity index (χ4n) is 19.4. The number of carboxylic acids is 2. The van der Waals surface area contributed by atoms with Crippen LogP contribution in [0.4, 0.5) is 0 Å². The van der Waals surface area contributed by atoms with Crippen molar-refractivity contribution < 1.29 is 49.1 Å². The third kappa shape index (κ3) is 8.52. The Balaban J connectivity index is 0.000000193. The molecule has 0 radical (unpaired) electrons. The van der Waals surface area contributed by atoms with Gasteiger partial charge in [-0.1, -0.05) is 61.8 Å². The van der Waals surface area contributed by atoms with E-state index in [0.717, 1.165) is 83.5 Å². The van der Waals surface area contributed by atoms with Crippen molar-refractivity contribution in [1.29, 1.82) is 0 Å². The molecular formula is C54H88O10. The number of ether oxygens (including phenoxy) is 2. The summed E-state index contributed by atoms with van der Waals surface area (Å²) in [5.74, 6) is 4.82. The van der Waals surface area contributed by atoms with Gasteiger partial charge in [0.05, 0.1) is 12.2 Å². The lowest BCUT2D eigenvalue weighted by Gasteiger charge is -2.65. The molecule has 4 N–H and O–H groups in total. The van der Waals surface area contributed by atoms with Crippen LogP contribution in [-0.4, -0.2) is 69.7 Å². The Labute approximate surface area is 385 Å². The van der Waals surface area contributed by atoms with Gasteiger partial charge in [0.2, 0.25) is 0 Å². The highest BCUT2D eigenvalue weighted by molar-refractivity contribution is 5.66. The summed E-state index contributed by atoms with van der Waals surface area (Å²) in [7, 11) is 0. The summed E-state index contributed by atoms with van der Waals surface area (Å²) in [6.07, 6.45) is 18.5. The fraction of sp³-hybridized carbons (Fsp3) is 0.926. The highest BCUT2D eigenvalue weighted by Gasteiger charge is 2.67. The number of aliphatic carboxylic acids is 2. The SMILES string of the molecule is CC[C@H]1[C@@H](O)[C@@H]2[C@H](CC[C@]3(C)[C@@H]([C@H](C)CCC(=O)O)CC[C@@H]23)[C@@]2(C)CC[C@@H](O)C[C@@H]12.CC[C@H]1[C@@H](OC=O)[C@@H]2[C@H](CC[C@]3(C)[C@@H]([C@H](C)CCC(=O)O)CC[C@@H]23)[C@@]2(C)CC[C@@H](OC=O)C[C@@H]12. The first-order valence-corrected chi connectivity index (χ1v) is 26.3. The molecule has 8 saturated carbocycles. The molecule has 0 aromatic carbocycles. The van der Waals surface area contributed by atoms with Crippen LogP contribution in [0.25, 0.3) is 0 Å². The minimum absolute atomic E-state index is 0.0298. The second-order valence-corrected chi connectivity index (χ2v) is 24.5. The maximum atomic E-state index is 11.8. The maximum absolute atomic E-state index is 11.8. The Morgan fingerprint density at radius 2 is 1.03 bits per heavy atom. The second-order valence-electron chi connectivity index (χ2n) is 24.5. The lowest BCUT2D eigenvalue weighted by Crippen LogP contribution is -2.62. The number of hydrogen-bond acceptors (Lipinski definition) is 8. The second kappa shape index (κ2) is 19.4. The quantitative estimate of drug-likeness (QED) is 0.123. The van der Waals surface area contributed by atoms with Crippen LogP contribution in [0.2, 0.25) is 0 Å². The first kappa shape index (κ1) is 49.7. The van der Waals surface area contributed by atoms with E-state index in [9.17, 15) is 34.5 Å². The van der Waals surface area contributed by atoms with Crippen molar-refractivity contribution in [3.8, 4) is 0 Å². The molecule has 10 heteroatoms. The van der Waals surface area contributed by atoms with Crippen LogP contribution in [-0.2, 0) is 28.7 Å². The van der Waals surface area contributed by atoms with E-state index in [-0.39, 0.29) is 64.8 Å². The smallest absolute Gasteiger partial charge is 0.303 e. The summed E-state index contributed by atoms with van der Waals surface area (Å²) in [6.45, 7) is 20.1. The molecule has 0 aromatic rings. The average molecular weight is 897 g/mol. The normalized spacial score (nSPS) is 48.8. The summed E-state index contributed by atoms with van der Waals surface area (Å²) in [5.41, 5.74) is 0.821. The van der Waals surface area contributed by atoms with Crippen LogP contribution in [0.5, 0.6) is 0 Å². The monoisotopic (exact) mass is 897 g/mol. The first-order chi connectivity index (χ1) is 30.3. The molecular weight excluding hydrogens is 809 g/mol. The van der Waals surface area contributed by atoms with E-state index in [1.165, 1.54) is 32.1 Å². The molecule has 0 aromatic heterocycles. The van der Waals surface area contributed by atoms with Crippen molar-refractivity contribution in [1.82, 2.24) is 0 Å². The van der Waals surface area contributed by atoms with Gasteiger partial charge in [-0.25, -0.2) is 0 Å². The Bertz CT molecular complexity index is 1650. The number of aliphatic hydroxyl groups is 2. The van der Waals surface area contributed by atoms with Crippen LogP contribution in [0.1, 0.15) is 184 Å². The minimum atomic E-state index is -0.707. The number of aliphatic hydroxyl groups excluding tert-OH is 2. The van der Waals surface area contributed by atoms with Crippen molar-refractivity contribution in [2.45, 2.75) is 208 Å². The van der Waals surface area contributed by atoms with Crippen molar-refractivity contribution >= 4 is 24.9 Å². The number of fused-ring (bicyclic) bond motifs is 10. The highest BCUT2D eigenvalue weighted by atomic mass is 16.5. The summed E-state index contributed by atoms with van der Waals surface area (Å²) in [4.78, 5) is 45.2. The van der Waals surface area contributed by atoms with Gasteiger partial charge in [-0.15, -0.1) is 0 Å². The summed E-state index contributed by atoms with van der Waals surface area (Å²) >= 11 is 0. The van der Waals surface area contributed by atoms with Crippen molar-refractivity contribution in [3.63, 3.8) is 0 Å². The van der Waals surface area contributed by atoms with E-state index in [0.29, 0.717) is 89.9 Å². The molecule has 0 spiro atoms. The van der Waals surface area contributed by atoms with Crippen LogP contribution < -0.4 is 0 Å². The Kier molecular flexibility index (Phi) is 15.1. The Morgan fingerprint density at radius 1 is 0.578 bits per heavy atom. The van der Waals surface area contributed by atoms with Crippen LogP contribution in [0, 0.1) is 105 Å². The van der Waals surface area contributed by atoms with E-state index >= 15 is 0 Å². The summed E-state index contributed by atoms with van der Waals surface area (Å²) in [6, 6.07) is 0. The lowest BCUT2D eigenvalue weighted by atomic mass is 9.41. The van der Waals surface area contributed by atoms with E-state index < -0.39 is 11.9 Å². The maximum Gasteiger partial charge on any atom is 0.303 e. The Hall–Kier alpha value is -2.20. The predicted octanol–water partition coefficient (Wildman–Crippen LogP) is 10.6. The number of hydrogen-bond donors (Lipinski definition) is 4. The van der Waals surface area contributed by atoms with Gasteiger partial charge in [0.1, 0.15) is 12.2 Å². The zero-order valence-corrected chi connectivity index (χ0v) is 40.9. The van der Waals surface area contributed by atoms with Gasteiger partial charge in [-0.2, -0.15) is 0 Å². The van der Waals surface area contributed by atoms with Gasteiger partial charge in [0, 0.05) is 18.8 Å². The van der Waals surface area contributed by atoms with Crippen LogP contribution in [0.3, 0.4) is 0 Å². The minimum Gasteiger partial charge on any atom is -0.481 e. The zero-order valence-electron chi connectivity index (χ0n) is 40.9. The van der Waals surface area contributed by atoms with E-state index in [1.807, 2.05) is 0 Å². The van der Waals surface area contributed by atoms with Crippen molar-refractivity contribution in [2.75, 3.05) is 0 Å². The van der Waals surface area contributed by atoms with Crippen LogP contribution in [0.15, 0.2) is 0 Å². The number of carboxylic acid groups (broad SMARTS) is 2. The molecule has 0 bridgehead atoms. The molecule has 8 rings (SSSR count). The largest absolute Gasteiger partial charge is 0.481 e. The molecule has 364 valence electrons. The van der Waals surface area contributed by atoms with Crippen LogP contribution >= 0.6 is 0 Å². The molecule has 0 unspecified atom stereocenters. The molecule has 64 heavy (non-hydrogen) atoms. The molecule has 8 aliphatic carbocycles. The number of rotatable bonds is 14. The third-order valence-corrected chi connectivity index (χ3v) is 22.3.